The fraction of sp³-hybridized carbons (Fsp3) is 0.458. The summed E-state index contributed by atoms with van der Waals surface area (Å²) in [5, 5.41) is 4.75. The first-order chi connectivity index (χ1) is 15.5. The summed E-state index contributed by atoms with van der Waals surface area (Å²) in [5.41, 5.74) is 3.47. The van der Waals surface area contributed by atoms with Crippen LogP contribution >= 0.6 is 11.6 Å². The van der Waals surface area contributed by atoms with Crippen LogP contribution in [-0.2, 0) is 11.3 Å². The Bertz CT molecular complexity index is 950. The first kappa shape index (κ1) is 22.8. The number of aryl methyl sites for hydroxylation is 1. The van der Waals surface area contributed by atoms with Gasteiger partial charge >= 0.3 is 6.03 Å². The van der Waals surface area contributed by atoms with Crippen LogP contribution in [0.3, 0.4) is 0 Å². The lowest BCUT2D eigenvalue weighted by molar-refractivity contribution is 0.111. The van der Waals surface area contributed by atoms with Gasteiger partial charge in [0.1, 0.15) is 5.82 Å². The van der Waals surface area contributed by atoms with Gasteiger partial charge in [-0.25, -0.2) is 9.18 Å². The zero-order valence-electron chi connectivity index (χ0n) is 18.4. The van der Waals surface area contributed by atoms with Crippen molar-refractivity contribution in [1.29, 1.82) is 0 Å². The largest absolute Gasteiger partial charge is 0.368 e. The molecule has 1 fully saturated rings. The van der Waals surface area contributed by atoms with E-state index in [-0.39, 0.29) is 11.8 Å². The lowest BCUT2D eigenvalue weighted by atomic mass is 10.1. The van der Waals surface area contributed by atoms with Crippen LogP contribution in [0.15, 0.2) is 36.4 Å². The Morgan fingerprint density at radius 1 is 1.09 bits per heavy atom. The third-order valence-corrected chi connectivity index (χ3v) is 6.40. The van der Waals surface area contributed by atoms with E-state index in [0.29, 0.717) is 23.7 Å². The SMILES string of the molecule is Cc1cc(N2CCN(CCCCON3C(=O)NCCc4ccccc43)CC2)c(Cl)cc1F. The maximum atomic E-state index is 13.7. The number of carbonyl (C=O) groups excluding carboxylic acids is 1. The Hall–Kier alpha value is -2.35. The van der Waals surface area contributed by atoms with Crippen LogP contribution in [-0.4, -0.2) is 56.8 Å². The molecule has 1 N–H and O–H groups in total. The number of hydroxylamine groups is 1. The molecule has 0 aromatic heterocycles. The van der Waals surface area contributed by atoms with Gasteiger partial charge < -0.3 is 10.2 Å². The van der Waals surface area contributed by atoms with E-state index in [1.807, 2.05) is 30.3 Å². The Balaban J connectivity index is 1.20. The molecular weight excluding hydrogens is 431 g/mol. The number of nitrogens with one attached hydrogen (secondary N) is 1. The smallest absolute Gasteiger partial charge is 0.346 e. The predicted molar refractivity (Wildman–Crippen MR) is 126 cm³/mol. The van der Waals surface area contributed by atoms with Crippen molar-refractivity contribution in [3.8, 4) is 0 Å². The second-order valence-corrected chi connectivity index (χ2v) is 8.73. The predicted octanol–water partition coefficient (Wildman–Crippen LogP) is 4.39. The molecule has 2 amide bonds. The standard InChI is InChI=1S/C24H30ClFN4O2/c1-18-16-23(20(25)17-21(18)26)29-13-11-28(12-14-29)10-4-5-15-32-30-22-7-3-2-6-19(22)8-9-27-24(30)31/h2-3,6-7,16-17H,4-5,8-15H2,1H3,(H,27,31). The molecule has 2 aliphatic rings. The Kier molecular flexibility index (Phi) is 7.50. The maximum absolute atomic E-state index is 13.7. The van der Waals surface area contributed by atoms with Crippen molar-refractivity contribution in [2.45, 2.75) is 26.2 Å². The van der Waals surface area contributed by atoms with Crippen LogP contribution < -0.4 is 15.3 Å². The molecule has 172 valence electrons. The van der Waals surface area contributed by atoms with Gasteiger partial charge in [0.15, 0.2) is 0 Å². The van der Waals surface area contributed by atoms with Crippen molar-refractivity contribution in [1.82, 2.24) is 10.2 Å². The highest BCUT2D eigenvalue weighted by Crippen LogP contribution is 2.29. The monoisotopic (exact) mass is 460 g/mol. The van der Waals surface area contributed by atoms with Gasteiger partial charge in [0.25, 0.3) is 0 Å². The molecular formula is C24H30ClFN4O2. The number of urea groups is 1. The molecule has 0 bridgehead atoms. The topological polar surface area (TPSA) is 48.1 Å². The summed E-state index contributed by atoms with van der Waals surface area (Å²) >= 11 is 6.26. The summed E-state index contributed by atoms with van der Waals surface area (Å²) in [6.07, 6.45) is 2.67. The summed E-state index contributed by atoms with van der Waals surface area (Å²) in [6, 6.07) is 10.9. The number of para-hydroxylation sites is 1. The highest BCUT2D eigenvalue weighted by molar-refractivity contribution is 6.33. The number of nitrogens with zero attached hydrogens (tertiary/aromatic N) is 3. The van der Waals surface area contributed by atoms with E-state index in [9.17, 15) is 9.18 Å². The normalized spacial score (nSPS) is 17.2. The second-order valence-electron chi connectivity index (χ2n) is 8.33. The van der Waals surface area contributed by atoms with Crippen molar-refractivity contribution >= 4 is 29.0 Å². The van der Waals surface area contributed by atoms with Crippen molar-refractivity contribution in [2.75, 3.05) is 55.8 Å². The van der Waals surface area contributed by atoms with Gasteiger partial charge in [0.05, 0.1) is 23.0 Å². The van der Waals surface area contributed by atoms with E-state index in [1.54, 1.807) is 6.92 Å². The Morgan fingerprint density at radius 3 is 2.69 bits per heavy atom. The van der Waals surface area contributed by atoms with Crippen molar-refractivity contribution in [3.63, 3.8) is 0 Å². The van der Waals surface area contributed by atoms with Gasteiger partial charge in [-0.15, -0.1) is 0 Å². The first-order valence-electron chi connectivity index (χ1n) is 11.2. The number of hydrogen-bond acceptors (Lipinski definition) is 4. The number of carbonyl (C=O) groups is 1. The number of amides is 2. The number of halogens is 2. The minimum atomic E-state index is -0.263. The molecule has 2 aromatic carbocycles. The highest BCUT2D eigenvalue weighted by atomic mass is 35.5. The zero-order valence-corrected chi connectivity index (χ0v) is 19.2. The molecule has 2 heterocycles. The molecule has 0 atom stereocenters. The van der Waals surface area contributed by atoms with E-state index in [2.05, 4.69) is 15.1 Å². The van der Waals surface area contributed by atoms with E-state index in [4.69, 9.17) is 16.4 Å². The molecule has 1 saturated heterocycles. The molecule has 0 unspecified atom stereocenters. The number of fused-ring (bicyclic) bond motifs is 1. The van der Waals surface area contributed by atoms with Crippen LogP contribution in [0.25, 0.3) is 0 Å². The minimum absolute atomic E-state index is 0.208. The van der Waals surface area contributed by atoms with Crippen LogP contribution in [0, 0.1) is 12.7 Å². The number of unbranched alkanes of at least 4 members (excludes halogenated alkanes) is 1. The lowest BCUT2D eigenvalue weighted by Gasteiger charge is -2.36. The molecule has 0 radical (unpaired) electrons. The summed E-state index contributed by atoms with van der Waals surface area (Å²) < 4.78 is 13.7. The summed E-state index contributed by atoms with van der Waals surface area (Å²) in [6.45, 7) is 7.47. The lowest BCUT2D eigenvalue weighted by Crippen LogP contribution is -2.46. The fourth-order valence-corrected chi connectivity index (χ4v) is 4.49. The van der Waals surface area contributed by atoms with Gasteiger partial charge in [-0.3, -0.25) is 9.74 Å². The zero-order chi connectivity index (χ0) is 22.5. The third kappa shape index (κ3) is 5.34. The molecule has 8 heteroatoms. The summed E-state index contributed by atoms with van der Waals surface area (Å²) in [5.74, 6) is -0.263. The summed E-state index contributed by atoms with van der Waals surface area (Å²) in [4.78, 5) is 22.8. The molecule has 0 spiro atoms. The Labute approximate surface area is 193 Å². The van der Waals surface area contributed by atoms with Gasteiger partial charge in [-0.1, -0.05) is 29.8 Å². The fourth-order valence-electron chi connectivity index (χ4n) is 4.22. The van der Waals surface area contributed by atoms with Crippen LogP contribution in [0.5, 0.6) is 0 Å². The summed E-state index contributed by atoms with van der Waals surface area (Å²) in [7, 11) is 0. The highest BCUT2D eigenvalue weighted by Gasteiger charge is 2.23. The Morgan fingerprint density at radius 2 is 1.88 bits per heavy atom. The number of rotatable bonds is 7. The molecule has 2 aromatic rings. The number of benzene rings is 2. The van der Waals surface area contributed by atoms with E-state index in [0.717, 1.165) is 68.9 Å². The molecule has 32 heavy (non-hydrogen) atoms. The maximum Gasteiger partial charge on any atom is 0.346 e. The van der Waals surface area contributed by atoms with Crippen LogP contribution in [0.2, 0.25) is 5.02 Å². The molecule has 4 rings (SSSR count). The number of anilines is 2. The molecule has 6 nitrogen and oxygen atoms in total. The third-order valence-electron chi connectivity index (χ3n) is 6.10. The van der Waals surface area contributed by atoms with Crippen molar-refractivity contribution in [3.05, 3.63) is 58.4 Å². The van der Waals surface area contributed by atoms with Crippen LogP contribution in [0.1, 0.15) is 24.0 Å². The van der Waals surface area contributed by atoms with Gasteiger partial charge in [0, 0.05) is 32.7 Å². The molecule has 0 saturated carbocycles. The minimum Gasteiger partial charge on any atom is -0.368 e. The van der Waals surface area contributed by atoms with Crippen LogP contribution in [0.4, 0.5) is 20.6 Å². The van der Waals surface area contributed by atoms with Crippen molar-refractivity contribution in [2.24, 2.45) is 0 Å². The van der Waals surface area contributed by atoms with E-state index in [1.165, 1.54) is 11.1 Å². The average molecular weight is 461 g/mol. The van der Waals surface area contributed by atoms with E-state index < -0.39 is 0 Å². The van der Waals surface area contributed by atoms with E-state index >= 15 is 0 Å². The van der Waals surface area contributed by atoms with Gasteiger partial charge in [0.2, 0.25) is 0 Å². The molecule has 0 aliphatic carbocycles. The number of hydrogen-bond donors (Lipinski definition) is 1. The number of piperazine rings is 1. The first-order valence-corrected chi connectivity index (χ1v) is 11.6. The van der Waals surface area contributed by atoms with Crippen molar-refractivity contribution < 1.29 is 14.0 Å². The second kappa shape index (κ2) is 10.5. The van der Waals surface area contributed by atoms with Gasteiger partial charge in [-0.2, -0.15) is 5.06 Å². The average Bonchev–Trinajstić information content (AvgIpc) is 2.95. The van der Waals surface area contributed by atoms with Gasteiger partial charge in [-0.05, 0) is 62.1 Å². The molecule has 2 aliphatic heterocycles. The quantitative estimate of drug-likeness (QED) is 0.622.